The number of thiophene rings is 2. The first-order chi connectivity index (χ1) is 13.8. The Bertz CT molecular complexity index is 689. The first-order valence-corrected chi connectivity index (χ1v) is 11.3. The van der Waals surface area contributed by atoms with E-state index in [4.69, 9.17) is 9.84 Å². The number of hydrogen-bond acceptors (Lipinski definition) is 6. The van der Waals surface area contributed by atoms with Crippen LogP contribution >= 0.6 is 22.7 Å². The lowest BCUT2D eigenvalue weighted by atomic mass is 9.85. The Labute approximate surface area is 180 Å². The van der Waals surface area contributed by atoms with Crippen LogP contribution in [-0.2, 0) is 19.9 Å². The molecular weight excluding hydrogens is 410 g/mol. The van der Waals surface area contributed by atoms with Gasteiger partial charge in [0.15, 0.2) is 0 Å². The van der Waals surface area contributed by atoms with Gasteiger partial charge in [0.25, 0.3) is 0 Å². The fourth-order valence-electron chi connectivity index (χ4n) is 2.85. The molecule has 0 aliphatic heterocycles. The monoisotopic (exact) mass is 439 g/mol. The summed E-state index contributed by atoms with van der Waals surface area (Å²) in [6.07, 6.45) is 4.19. The second-order valence-corrected chi connectivity index (χ2v) is 8.31. The number of carbonyl (C=O) groups excluding carboxylic acids is 1. The number of ether oxygens (including phenoxy) is 1. The van der Waals surface area contributed by atoms with Gasteiger partial charge in [-0.2, -0.15) is 22.7 Å². The SMILES string of the molecule is CCCC(OCCC[NH+](C)C)(c1ccsc1)c1ccsc1.O=C([O-])/C=C/C(=O)O. The summed E-state index contributed by atoms with van der Waals surface area (Å²) in [5.74, 6) is -2.80. The highest BCUT2D eigenvalue weighted by Gasteiger charge is 2.35. The van der Waals surface area contributed by atoms with Crippen molar-refractivity contribution in [3.63, 3.8) is 0 Å². The van der Waals surface area contributed by atoms with Crippen molar-refractivity contribution < 1.29 is 29.4 Å². The van der Waals surface area contributed by atoms with Crippen LogP contribution in [0, 0.1) is 0 Å². The third-order valence-corrected chi connectivity index (χ3v) is 5.48. The summed E-state index contributed by atoms with van der Waals surface area (Å²) in [7, 11) is 4.38. The minimum atomic E-state index is -1.51. The van der Waals surface area contributed by atoms with E-state index in [1.807, 2.05) is 0 Å². The number of aliphatic carboxylic acids is 2. The van der Waals surface area contributed by atoms with E-state index in [-0.39, 0.29) is 5.60 Å². The van der Waals surface area contributed by atoms with Crippen molar-refractivity contribution in [2.75, 3.05) is 27.2 Å². The predicted octanol–water partition coefficient (Wildman–Crippen LogP) is 1.78. The molecule has 0 saturated heterocycles. The van der Waals surface area contributed by atoms with Crippen LogP contribution in [0.15, 0.2) is 45.8 Å². The predicted molar refractivity (Wildman–Crippen MR) is 114 cm³/mol. The molecule has 2 rings (SSSR count). The highest BCUT2D eigenvalue weighted by atomic mass is 32.1. The van der Waals surface area contributed by atoms with Crippen LogP contribution in [0.25, 0.3) is 0 Å². The summed E-state index contributed by atoms with van der Waals surface area (Å²) in [4.78, 5) is 20.4. The van der Waals surface area contributed by atoms with Crippen molar-refractivity contribution in [3.05, 3.63) is 56.9 Å². The van der Waals surface area contributed by atoms with E-state index >= 15 is 0 Å². The molecule has 2 N–H and O–H groups in total. The van der Waals surface area contributed by atoms with Gasteiger partial charge in [0.1, 0.15) is 5.60 Å². The minimum Gasteiger partial charge on any atom is -0.545 e. The van der Waals surface area contributed by atoms with E-state index in [1.165, 1.54) is 16.0 Å². The van der Waals surface area contributed by atoms with Crippen LogP contribution in [0.1, 0.15) is 37.3 Å². The zero-order chi connectivity index (χ0) is 21.7. The minimum absolute atomic E-state index is 0.254. The fourth-order valence-corrected chi connectivity index (χ4v) is 4.28. The smallest absolute Gasteiger partial charge is 0.328 e. The van der Waals surface area contributed by atoms with Crippen LogP contribution in [0.3, 0.4) is 0 Å². The first kappa shape index (κ1) is 25.0. The van der Waals surface area contributed by atoms with Crippen molar-refractivity contribution >= 4 is 34.6 Å². The van der Waals surface area contributed by atoms with Gasteiger partial charge >= 0.3 is 5.97 Å². The van der Waals surface area contributed by atoms with E-state index in [1.54, 1.807) is 22.7 Å². The van der Waals surface area contributed by atoms with Gasteiger partial charge in [0, 0.05) is 12.5 Å². The molecule has 0 bridgehead atoms. The largest absolute Gasteiger partial charge is 0.545 e. The number of carboxylic acids is 2. The van der Waals surface area contributed by atoms with Crippen molar-refractivity contribution in [2.45, 2.75) is 31.8 Å². The average Bonchev–Trinajstić information content (AvgIpc) is 3.37. The molecule has 0 aliphatic carbocycles. The van der Waals surface area contributed by atoms with Crippen molar-refractivity contribution in [2.24, 2.45) is 0 Å². The van der Waals surface area contributed by atoms with Crippen LogP contribution in [0.2, 0.25) is 0 Å². The maximum absolute atomic E-state index is 9.53. The summed E-state index contributed by atoms with van der Waals surface area (Å²) < 4.78 is 6.51. The van der Waals surface area contributed by atoms with Gasteiger partial charge in [-0.3, -0.25) is 0 Å². The molecule has 0 spiro atoms. The van der Waals surface area contributed by atoms with E-state index in [0.29, 0.717) is 12.2 Å². The van der Waals surface area contributed by atoms with Crippen molar-refractivity contribution in [1.82, 2.24) is 0 Å². The molecule has 8 heteroatoms. The maximum Gasteiger partial charge on any atom is 0.328 e. The number of carbonyl (C=O) groups is 2. The van der Waals surface area contributed by atoms with Gasteiger partial charge in [-0.15, -0.1) is 0 Å². The number of nitrogens with one attached hydrogen (secondary N) is 1. The zero-order valence-corrected chi connectivity index (χ0v) is 18.7. The Morgan fingerprint density at radius 2 is 1.76 bits per heavy atom. The fraction of sp³-hybridized carbons (Fsp3) is 0.429. The molecule has 0 atom stereocenters. The quantitative estimate of drug-likeness (QED) is 0.411. The Morgan fingerprint density at radius 3 is 2.10 bits per heavy atom. The normalized spacial score (nSPS) is 11.4. The molecule has 0 fully saturated rings. The van der Waals surface area contributed by atoms with Crippen LogP contribution in [0.5, 0.6) is 0 Å². The number of rotatable bonds is 11. The van der Waals surface area contributed by atoms with Gasteiger partial charge in [0.05, 0.1) is 33.2 Å². The van der Waals surface area contributed by atoms with Gasteiger partial charge in [-0.25, -0.2) is 4.79 Å². The van der Waals surface area contributed by atoms with E-state index in [0.717, 1.165) is 32.4 Å². The standard InChI is InChI=1S/C17H25NOS2.C4H4O4/c1-4-8-17(15-6-11-20-13-15,16-7-12-21-14-16)19-10-5-9-18(2)3;5-3(6)1-2-4(7)8/h6-7,11-14H,4-5,8-10H2,1-3H3;1-2H,(H,5,6)(H,7,8)/b;2-1+. The Balaban J connectivity index is 0.000000447. The van der Waals surface area contributed by atoms with Gasteiger partial charge in [0.2, 0.25) is 0 Å². The lowest BCUT2D eigenvalue weighted by Crippen LogP contribution is -3.05. The van der Waals surface area contributed by atoms with Gasteiger partial charge < -0.3 is 24.6 Å². The number of quaternary nitrogens is 1. The second kappa shape index (κ2) is 13.3. The number of hydrogen-bond donors (Lipinski definition) is 2. The summed E-state index contributed by atoms with van der Waals surface area (Å²) in [5.41, 5.74) is 2.37. The number of carboxylic acid groups (broad SMARTS) is 2. The van der Waals surface area contributed by atoms with E-state index in [9.17, 15) is 14.7 Å². The molecule has 0 aliphatic rings. The lowest BCUT2D eigenvalue weighted by Gasteiger charge is -2.33. The molecule has 2 aromatic heterocycles. The van der Waals surface area contributed by atoms with Gasteiger partial charge in [-0.05, 0) is 57.3 Å². The molecule has 29 heavy (non-hydrogen) atoms. The van der Waals surface area contributed by atoms with Crippen LogP contribution in [-0.4, -0.2) is 44.3 Å². The molecule has 2 heterocycles. The molecule has 0 amide bonds. The zero-order valence-electron chi connectivity index (χ0n) is 17.1. The Morgan fingerprint density at radius 1 is 1.17 bits per heavy atom. The van der Waals surface area contributed by atoms with Crippen LogP contribution < -0.4 is 10.0 Å². The van der Waals surface area contributed by atoms with Crippen LogP contribution in [0.4, 0.5) is 0 Å². The maximum atomic E-state index is 9.53. The molecule has 2 aromatic rings. The first-order valence-electron chi connectivity index (χ1n) is 9.42. The molecule has 0 unspecified atom stereocenters. The van der Waals surface area contributed by atoms with Crippen molar-refractivity contribution in [3.8, 4) is 0 Å². The van der Waals surface area contributed by atoms with Crippen molar-refractivity contribution in [1.29, 1.82) is 0 Å². The van der Waals surface area contributed by atoms with E-state index < -0.39 is 11.9 Å². The summed E-state index contributed by atoms with van der Waals surface area (Å²) in [6, 6.07) is 4.43. The summed E-state index contributed by atoms with van der Waals surface area (Å²) in [6.45, 7) is 4.20. The molecule has 0 radical (unpaired) electrons. The molecule has 0 aromatic carbocycles. The molecule has 6 nitrogen and oxygen atoms in total. The topological polar surface area (TPSA) is 91.1 Å². The lowest BCUT2D eigenvalue weighted by molar-refractivity contribution is -0.858. The Hall–Kier alpha value is -2.00. The summed E-state index contributed by atoms with van der Waals surface area (Å²) in [5, 5.41) is 26.0. The summed E-state index contributed by atoms with van der Waals surface area (Å²) >= 11 is 3.51. The van der Waals surface area contributed by atoms with E-state index in [2.05, 4.69) is 54.7 Å². The molecule has 0 saturated carbocycles. The second-order valence-electron chi connectivity index (χ2n) is 6.75. The molecule has 160 valence electrons. The highest BCUT2D eigenvalue weighted by Crippen LogP contribution is 2.40. The van der Waals surface area contributed by atoms with Gasteiger partial charge in [-0.1, -0.05) is 13.3 Å². The highest BCUT2D eigenvalue weighted by molar-refractivity contribution is 7.08. The Kier molecular flexibility index (Phi) is 11.5. The third-order valence-electron chi connectivity index (χ3n) is 4.11. The molecular formula is C21H29NO5S2. The average molecular weight is 440 g/mol. The third kappa shape index (κ3) is 8.91.